The lowest BCUT2D eigenvalue weighted by atomic mass is 10.3. The van der Waals surface area contributed by atoms with E-state index in [9.17, 15) is 14.4 Å². The summed E-state index contributed by atoms with van der Waals surface area (Å²) < 4.78 is 0. The topological polar surface area (TPSA) is 66.5 Å². The molecule has 0 atom stereocenters. The number of hydrogen-bond acceptors (Lipinski definition) is 3. The van der Waals surface area contributed by atoms with Gasteiger partial charge in [-0.25, -0.2) is 0 Å². The first-order chi connectivity index (χ1) is 6.82. The predicted molar refractivity (Wildman–Crippen MR) is 56.2 cm³/mol. The standard InChI is InChI=1S/C10H18N2O3/c1-7(2)11-9(14)6-12(4)10(15)5-8(3)13/h7H,5-6H2,1-4H3,(H,11,14). The quantitative estimate of drug-likeness (QED) is 0.652. The van der Waals surface area contributed by atoms with Crippen LogP contribution in [-0.2, 0) is 14.4 Å². The van der Waals surface area contributed by atoms with Crippen molar-refractivity contribution < 1.29 is 14.4 Å². The number of ketones is 1. The maximum absolute atomic E-state index is 11.3. The second-order valence-electron chi connectivity index (χ2n) is 3.85. The number of carbonyl (C=O) groups is 3. The van der Waals surface area contributed by atoms with Crippen molar-refractivity contribution in [2.45, 2.75) is 33.2 Å². The van der Waals surface area contributed by atoms with Gasteiger partial charge in [0.2, 0.25) is 11.8 Å². The molecule has 0 fully saturated rings. The summed E-state index contributed by atoms with van der Waals surface area (Å²) in [4.78, 5) is 34.5. The molecule has 15 heavy (non-hydrogen) atoms. The third kappa shape index (κ3) is 6.65. The number of nitrogens with zero attached hydrogens (tertiary/aromatic N) is 1. The molecule has 0 aliphatic carbocycles. The number of carbonyl (C=O) groups excluding carboxylic acids is 3. The molecule has 1 N–H and O–H groups in total. The first-order valence-electron chi connectivity index (χ1n) is 4.85. The number of nitrogens with one attached hydrogen (secondary N) is 1. The van der Waals surface area contributed by atoms with Crippen LogP contribution in [0.5, 0.6) is 0 Å². The van der Waals surface area contributed by atoms with Crippen LogP contribution in [0, 0.1) is 0 Å². The minimum absolute atomic E-state index is 0.00963. The Kier molecular flexibility index (Phi) is 5.59. The molecule has 0 aromatic rings. The molecule has 0 aromatic carbocycles. The molecule has 0 unspecified atom stereocenters. The molecule has 2 amide bonds. The van der Waals surface area contributed by atoms with Gasteiger partial charge in [0.15, 0.2) is 0 Å². The minimum Gasteiger partial charge on any atom is -0.352 e. The van der Waals surface area contributed by atoms with Crippen molar-refractivity contribution in [3.8, 4) is 0 Å². The van der Waals surface area contributed by atoms with Crippen LogP contribution in [0.4, 0.5) is 0 Å². The van der Waals surface area contributed by atoms with Crippen LogP contribution in [0.3, 0.4) is 0 Å². The molecule has 0 spiro atoms. The average Bonchev–Trinajstić information content (AvgIpc) is 2.00. The van der Waals surface area contributed by atoms with Gasteiger partial charge in [0, 0.05) is 13.1 Å². The van der Waals surface area contributed by atoms with Crippen molar-refractivity contribution in [1.29, 1.82) is 0 Å². The Balaban J connectivity index is 4.01. The van der Waals surface area contributed by atoms with Crippen molar-refractivity contribution in [2.75, 3.05) is 13.6 Å². The molecule has 0 rings (SSSR count). The Bertz CT molecular complexity index is 261. The summed E-state index contributed by atoms with van der Waals surface area (Å²) in [6.45, 7) is 5.02. The molecule has 0 aliphatic heterocycles. The Labute approximate surface area is 89.8 Å². The van der Waals surface area contributed by atoms with Gasteiger partial charge < -0.3 is 10.2 Å². The number of rotatable bonds is 5. The number of amides is 2. The Hall–Kier alpha value is -1.39. The molecule has 0 aliphatic rings. The molecule has 0 heterocycles. The van der Waals surface area contributed by atoms with Crippen LogP contribution in [0.15, 0.2) is 0 Å². The fraction of sp³-hybridized carbons (Fsp3) is 0.700. The van der Waals surface area contributed by atoms with Gasteiger partial charge in [-0.1, -0.05) is 0 Å². The number of likely N-dealkylation sites (N-methyl/N-ethyl adjacent to an activating group) is 1. The van der Waals surface area contributed by atoms with E-state index in [1.165, 1.54) is 18.9 Å². The maximum atomic E-state index is 11.3. The smallest absolute Gasteiger partial charge is 0.239 e. The Morgan fingerprint density at radius 2 is 1.80 bits per heavy atom. The summed E-state index contributed by atoms with van der Waals surface area (Å²) in [6, 6.07) is 0.0498. The Morgan fingerprint density at radius 3 is 2.20 bits per heavy atom. The minimum atomic E-state index is -0.332. The van der Waals surface area contributed by atoms with Crippen LogP contribution >= 0.6 is 0 Å². The van der Waals surface area contributed by atoms with Crippen molar-refractivity contribution in [3.63, 3.8) is 0 Å². The van der Waals surface area contributed by atoms with E-state index >= 15 is 0 Å². The number of hydrogen-bond donors (Lipinski definition) is 1. The second kappa shape index (κ2) is 6.16. The summed E-state index contributed by atoms with van der Waals surface area (Å²) in [6.07, 6.45) is -0.147. The van der Waals surface area contributed by atoms with Crippen LogP contribution in [0.2, 0.25) is 0 Å². The third-order valence-corrected chi connectivity index (χ3v) is 1.66. The fourth-order valence-corrected chi connectivity index (χ4v) is 1.02. The van der Waals surface area contributed by atoms with E-state index < -0.39 is 0 Å². The van der Waals surface area contributed by atoms with E-state index in [0.717, 1.165) is 0 Å². The highest BCUT2D eigenvalue weighted by atomic mass is 16.2. The van der Waals surface area contributed by atoms with Crippen LogP contribution < -0.4 is 5.32 Å². The molecule has 0 aromatic heterocycles. The van der Waals surface area contributed by atoms with Crippen molar-refractivity contribution >= 4 is 17.6 Å². The van der Waals surface area contributed by atoms with Gasteiger partial charge in [-0.3, -0.25) is 14.4 Å². The van der Waals surface area contributed by atoms with Crippen LogP contribution in [0.25, 0.3) is 0 Å². The summed E-state index contributed by atoms with van der Waals surface area (Å²) in [5.41, 5.74) is 0. The summed E-state index contributed by atoms with van der Waals surface area (Å²) in [5, 5.41) is 2.66. The first kappa shape index (κ1) is 13.6. The molecule has 0 saturated heterocycles. The zero-order valence-electron chi connectivity index (χ0n) is 9.66. The van der Waals surface area contributed by atoms with E-state index in [2.05, 4.69) is 5.32 Å². The average molecular weight is 214 g/mol. The third-order valence-electron chi connectivity index (χ3n) is 1.66. The van der Waals surface area contributed by atoms with Gasteiger partial charge in [0.05, 0.1) is 13.0 Å². The van der Waals surface area contributed by atoms with E-state index in [1.54, 1.807) is 0 Å². The van der Waals surface area contributed by atoms with Gasteiger partial charge in [0.25, 0.3) is 0 Å². The van der Waals surface area contributed by atoms with Gasteiger partial charge in [0.1, 0.15) is 5.78 Å². The first-order valence-corrected chi connectivity index (χ1v) is 4.85. The van der Waals surface area contributed by atoms with Gasteiger partial charge in [-0.2, -0.15) is 0 Å². The lowest BCUT2D eigenvalue weighted by Gasteiger charge is -2.17. The molecule has 0 saturated carbocycles. The highest BCUT2D eigenvalue weighted by Crippen LogP contribution is 1.92. The summed E-state index contributed by atoms with van der Waals surface area (Å²) in [5.74, 6) is -0.748. The normalized spacial score (nSPS) is 9.93. The monoisotopic (exact) mass is 214 g/mol. The van der Waals surface area contributed by atoms with E-state index in [1.807, 2.05) is 13.8 Å². The second-order valence-corrected chi connectivity index (χ2v) is 3.85. The van der Waals surface area contributed by atoms with E-state index in [0.29, 0.717) is 0 Å². The van der Waals surface area contributed by atoms with Crippen molar-refractivity contribution in [2.24, 2.45) is 0 Å². The molecule has 5 nitrogen and oxygen atoms in total. The zero-order valence-corrected chi connectivity index (χ0v) is 9.66. The maximum Gasteiger partial charge on any atom is 0.239 e. The summed E-state index contributed by atoms with van der Waals surface area (Å²) in [7, 11) is 1.51. The lowest BCUT2D eigenvalue weighted by molar-refractivity contribution is -0.137. The van der Waals surface area contributed by atoms with E-state index in [-0.39, 0.29) is 36.6 Å². The predicted octanol–water partition coefficient (Wildman–Crippen LogP) is -0.0515. The largest absolute Gasteiger partial charge is 0.352 e. The zero-order chi connectivity index (χ0) is 12.0. The van der Waals surface area contributed by atoms with Crippen LogP contribution in [-0.4, -0.2) is 42.1 Å². The SMILES string of the molecule is CC(=O)CC(=O)N(C)CC(=O)NC(C)C. The highest BCUT2D eigenvalue weighted by Gasteiger charge is 2.14. The molecule has 0 bridgehead atoms. The molecular formula is C10H18N2O3. The van der Waals surface area contributed by atoms with Gasteiger partial charge in [-0.15, -0.1) is 0 Å². The molecule has 5 heteroatoms. The van der Waals surface area contributed by atoms with Crippen LogP contribution in [0.1, 0.15) is 27.2 Å². The molecule has 0 radical (unpaired) electrons. The van der Waals surface area contributed by atoms with Gasteiger partial charge in [-0.05, 0) is 20.8 Å². The molecular weight excluding hydrogens is 196 g/mol. The Morgan fingerprint density at radius 1 is 1.27 bits per heavy atom. The fourth-order valence-electron chi connectivity index (χ4n) is 1.02. The van der Waals surface area contributed by atoms with E-state index in [4.69, 9.17) is 0 Å². The number of Topliss-reactive ketones (excluding diaryl/α,β-unsaturated/α-hetero) is 1. The molecule has 86 valence electrons. The highest BCUT2D eigenvalue weighted by molar-refractivity contribution is 5.97. The van der Waals surface area contributed by atoms with Gasteiger partial charge >= 0.3 is 0 Å². The summed E-state index contributed by atoms with van der Waals surface area (Å²) >= 11 is 0. The lowest BCUT2D eigenvalue weighted by Crippen LogP contribution is -2.41. The van der Waals surface area contributed by atoms with Crippen molar-refractivity contribution in [3.05, 3.63) is 0 Å². The van der Waals surface area contributed by atoms with Crippen molar-refractivity contribution in [1.82, 2.24) is 10.2 Å².